The minimum absolute atomic E-state index is 0.0107. The Kier molecular flexibility index (Phi) is 4.83. The smallest absolute Gasteiger partial charge is 0.251 e. The predicted molar refractivity (Wildman–Crippen MR) is 106 cm³/mol. The van der Waals surface area contributed by atoms with Crippen LogP contribution < -0.4 is 15.4 Å². The molecule has 2 aromatic carbocycles. The lowest BCUT2D eigenvalue weighted by Crippen LogP contribution is -2.30. The maximum Gasteiger partial charge on any atom is 0.251 e. The molecule has 1 fully saturated rings. The van der Waals surface area contributed by atoms with E-state index in [1.807, 2.05) is 43.3 Å². The van der Waals surface area contributed by atoms with Gasteiger partial charge in [0.25, 0.3) is 5.91 Å². The zero-order chi connectivity index (χ0) is 19.0. The van der Waals surface area contributed by atoms with Gasteiger partial charge in [-0.3, -0.25) is 9.59 Å². The highest BCUT2D eigenvalue weighted by Crippen LogP contribution is 2.42. The van der Waals surface area contributed by atoms with Crippen LogP contribution in [0.2, 0.25) is 0 Å². The van der Waals surface area contributed by atoms with Crippen molar-refractivity contribution < 1.29 is 14.3 Å². The maximum absolute atomic E-state index is 12.9. The maximum atomic E-state index is 12.9. The number of carbonyl (C=O) groups is 2. The Balaban J connectivity index is 1.53. The van der Waals surface area contributed by atoms with Gasteiger partial charge in [0.2, 0.25) is 5.91 Å². The highest BCUT2D eigenvalue weighted by atomic mass is 32.2. The van der Waals surface area contributed by atoms with E-state index in [9.17, 15) is 9.59 Å². The first-order chi connectivity index (χ1) is 13.0. The molecule has 5 nitrogen and oxygen atoms in total. The number of anilines is 1. The first kappa shape index (κ1) is 17.9. The molecule has 1 aliphatic carbocycles. The van der Waals surface area contributed by atoms with Crippen molar-refractivity contribution in [2.45, 2.75) is 36.0 Å². The van der Waals surface area contributed by atoms with Crippen molar-refractivity contribution in [2.75, 3.05) is 12.4 Å². The quantitative estimate of drug-likeness (QED) is 0.820. The van der Waals surface area contributed by atoms with Crippen LogP contribution in [0.3, 0.4) is 0 Å². The molecule has 140 valence electrons. The van der Waals surface area contributed by atoms with Gasteiger partial charge in [-0.05, 0) is 61.6 Å². The van der Waals surface area contributed by atoms with Gasteiger partial charge >= 0.3 is 0 Å². The molecule has 2 aliphatic rings. The molecule has 0 bridgehead atoms. The third-order valence-corrected chi connectivity index (χ3v) is 6.21. The average Bonchev–Trinajstić information content (AvgIpc) is 3.52. The summed E-state index contributed by atoms with van der Waals surface area (Å²) in [5, 5.41) is 5.94. The first-order valence-corrected chi connectivity index (χ1v) is 9.99. The van der Waals surface area contributed by atoms with Gasteiger partial charge in [-0.25, -0.2) is 0 Å². The van der Waals surface area contributed by atoms with Crippen LogP contribution in [0.25, 0.3) is 0 Å². The fraction of sp³-hybridized carbons (Fsp3) is 0.333. The van der Waals surface area contributed by atoms with Crippen molar-refractivity contribution in [3.8, 4) is 5.75 Å². The molecule has 0 aromatic heterocycles. The van der Waals surface area contributed by atoms with Gasteiger partial charge in [0, 0.05) is 10.5 Å². The molecule has 1 aliphatic heterocycles. The molecule has 1 heterocycles. The van der Waals surface area contributed by atoms with Crippen LogP contribution >= 0.6 is 11.8 Å². The van der Waals surface area contributed by atoms with Crippen molar-refractivity contribution in [1.82, 2.24) is 5.32 Å². The number of methoxy groups -OCH3 is 1. The van der Waals surface area contributed by atoms with Crippen LogP contribution in [0, 0.1) is 5.92 Å². The van der Waals surface area contributed by atoms with Crippen LogP contribution in [0.1, 0.15) is 41.7 Å². The number of hydrogen-bond acceptors (Lipinski definition) is 4. The molecule has 2 N–H and O–H groups in total. The summed E-state index contributed by atoms with van der Waals surface area (Å²) in [6.45, 7) is 1.87. The number of nitrogens with one attached hydrogen (secondary N) is 2. The number of hydrogen-bond donors (Lipinski definition) is 2. The van der Waals surface area contributed by atoms with Crippen LogP contribution in [0.15, 0.2) is 47.4 Å². The second-order valence-corrected chi connectivity index (χ2v) is 8.40. The predicted octanol–water partition coefficient (Wildman–Crippen LogP) is 4.01. The van der Waals surface area contributed by atoms with E-state index in [0.717, 1.165) is 29.1 Å². The largest absolute Gasteiger partial charge is 0.497 e. The lowest BCUT2D eigenvalue weighted by Gasteiger charge is -2.23. The molecule has 0 radical (unpaired) electrons. The SMILES string of the molecule is COc1ccc(C(NC(=O)c2ccc3c(c2)NC(=O)C(C)S3)C2CC2)cc1. The minimum Gasteiger partial charge on any atom is -0.497 e. The van der Waals surface area contributed by atoms with Crippen molar-refractivity contribution in [3.63, 3.8) is 0 Å². The average molecular weight is 382 g/mol. The standard InChI is InChI=1S/C21H22N2O3S/c1-12-20(24)22-17-11-15(7-10-18(17)27-12)21(25)23-19(13-3-4-13)14-5-8-16(26-2)9-6-14/h5-13,19H,3-4H2,1-2H3,(H,22,24)(H,23,25). The topological polar surface area (TPSA) is 67.4 Å². The summed E-state index contributed by atoms with van der Waals surface area (Å²) in [5.74, 6) is 1.12. The van der Waals surface area contributed by atoms with Crippen LogP contribution in [-0.2, 0) is 4.79 Å². The summed E-state index contributed by atoms with van der Waals surface area (Å²) in [6, 6.07) is 13.3. The molecule has 0 saturated heterocycles. The van der Waals surface area contributed by atoms with Crippen molar-refractivity contribution in [3.05, 3.63) is 53.6 Å². The summed E-state index contributed by atoms with van der Waals surface area (Å²) in [7, 11) is 1.64. The molecule has 2 amide bonds. The summed E-state index contributed by atoms with van der Waals surface area (Å²) < 4.78 is 5.22. The molecule has 6 heteroatoms. The van der Waals surface area contributed by atoms with Crippen molar-refractivity contribution >= 4 is 29.3 Å². The lowest BCUT2D eigenvalue weighted by molar-refractivity contribution is -0.115. The Morgan fingerprint density at radius 2 is 1.96 bits per heavy atom. The van der Waals surface area contributed by atoms with E-state index in [-0.39, 0.29) is 23.1 Å². The summed E-state index contributed by atoms with van der Waals surface area (Å²) in [5.41, 5.74) is 2.36. The molecule has 4 rings (SSSR count). The number of carbonyl (C=O) groups excluding carboxylic acids is 2. The minimum atomic E-state index is -0.122. The van der Waals surface area contributed by atoms with Crippen molar-refractivity contribution in [2.24, 2.45) is 5.92 Å². The second kappa shape index (κ2) is 7.27. The molecule has 27 heavy (non-hydrogen) atoms. The third kappa shape index (κ3) is 3.81. The molecule has 0 spiro atoms. The van der Waals surface area contributed by atoms with Gasteiger partial charge in [0.15, 0.2) is 0 Å². The van der Waals surface area contributed by atoms with Crippen LogP contribution in [0.5, 0.6) is 5.75 Å². The molecule has 2 atom stereocenters. The fourth-order valence-electron chi connectivity index (χ4n) is 3.29. The number of ether oxygens (including phenoxy) is 1. The van der Waals surface area contributed by atoms with Crippen LogP contribution in [-0.4, -0.2) is 24.2 Å². The number of thioether (sulfide) groups is 1. The highest BCUT2D eigenvalue weighted by molar-refractivity contribution is 8.00. The molecule has 1 saturated carbocycles. The Morgan fingerprint density at radius 1 is 1.22 bits per heavy atom. The van der Waals surface area contributed by atoms with Gasteiger partial charge in [-0.2, -0.15) is 0 Å². The van der Waals surface area contributed by atoms with Gasteiger partial charge in [-0.15, -0.1) is 11.8 Å². The Bertz CT molecular complexity index is 877. The molecular weight excluding hydrogens is 360 g/mol. The molecule has 2 unspecified atom stereocenters. The van der Waals surface area contributed by atoms with E-state index >= 15 is 0 Å². The first-order valence-electron chi connectivity index (χ1n) is 9.11. The van der Waals surface area contributed by atoms with E-state index in [1.54, 1.807) is 13.2 Å². The summed E-state index contributed by atoms with van der Waals surface area (Å²) in [4.78, 5) is 25.8. The molecule has 2 aromatic rings. The fourth-order valence-corrected chi connectivity index (χ4v) is 4.22. The zero-order valence-electron chi connectivity index (χ0n) is 15.3. The Hall–Kier alpha value is -2.47. The van der Waals surface area contributed by atoms with E-state index in [1.165, 1.54) is 11.8 Å². The number of amides is 2. The van der Waals surface area contributed by atoms with Crippen molar-refractivity contribution in [1.29, 1.82) is 0 Å². The lowest BCUT2D eigenvalue weighted by atomic mass is 10.0. The highest BCUT2D eigenvalue weighted by Gasteiger charge is 2.34. The van der Waals surface area contributed by atoms with Crippen LogP contribution in [0.4, 0.5) is 5.69 Å². The van der Waals surface area contributed by atoms with Gasteiger partial charge in [0.1, 0.15) is 5.75 Å². The van der Waals surface area contributed by atoms with Gasteiger partial charge in [0.05, 0.1) is 24.1 Å². The zero-order valence-corrected chi connectivity index (χ0v) is 16.1. The van der Waals surface area contributed by atoms with Gasteiger partial charge < -0.3 is 15.4 Å². The van der Waals surface area contributed by atoms with E-state index in [4.69, 9.17) is 4.74 Å². The number of rotatable bonds is 5. The van der Waals surface area contributed by atoms with E-state index in [0.29, 0.717) is 17.2 Å². The van der Waals surface area contributed by atoms with E-state index in [2.05, 4.69) is 10.6 Å². The monoisotopic (exact) mass is 382 g/mol. The normalized spacial score (nSPS) is 19.6. The number of benzene rings is 2. The Morgan fingerprint density at radius 3 is 2.63 bits per heavy atom. The summed E-state index contributed by atoms with van der Waals surface area (Å²) in [6.07, 6.45) is 2.23. The molecular formula is C21H22N2O3S. The summed E-state index contributed by atoms with van der Waals surface area (Å²) >= 11 is 1.51. The second-order valence-electron chi connectivity index (χ2n) is 7.02. The van der Waals surface area contributed by atoms with E-state index < -0.39 is 0 Å². The third-order valence-electron chi connectivity index (χ3n) is 5.03. The Labute approximate surface area is 162 Å². The number of fused-ring (bicyclic) bond motifs is 1. The van der Waals surface area contributed by atoms with Gasteiger partial charge in [-0.1, -0.05) is 12.1 Å².